The minimum atomic E-state index is -0.0960. The highest BCUT2D eigenvalue weighted by atomic mass is 35.5. The van der Waals surface area contributed by atoms with Crippen molar-refractivity contribution in [2.24, 2.45) is 5.41 Å². The quantitative estimate of drug-likeness (QED) is 0.842. The molecule has 1 aromatic rings. The van der Waals surface area contributed by atoms with E-state index in [9.17, 15) is 4.79 Å². The molecule has 1 aliphatic rings. The van der Waals surface area contributed by atoms with Gasteiger partial charge in [0.1, 0.15) is 12.4 Å². The van der Waals surface area contributed by atoms with Gasteiger partial charge >= 0.3 is 0 Å². The first kappa shape index (κ1) is 14.2. The average molecular weight is 282 g/mol. The number of hydrogen-bond acceptors (Lipinski definition) is 2. The van der Waals surface area contributed by atoms with Gasteiger partial charge in [-0.3, -0.25) is 4.79 Å². The Bertz CT molecular complexity index is 480. The number of amides is 1. The summed E-state index contributed by atoms with van der Waals surface area (Å²) in [7, 11) is 0. The minimum absolute atomic E-state index is 0.0889. The Morgan fingerprint density at radius 3 is 2.84 bits per heavy atom. The molecule has 1 aromatic carbocycles. The van der Waals surface area contributed by atoms with Crippen LogP contribution in [0.5, 0.6) is 5.75 Å². The summed E-state index contributed by atoms with van der Waals surface area (Å²) in [4.78, 5) is 11.9. The van der Waals surface area contributed by atoms with Crippen molar-refractivity contribution in [2.45, 2.75) is 32.6 Å². The highest BCUT2D eigenvalue weighted by Crippen LogP contribution is 2.35. The lowest BCUT2D eigenvalue weighted by Gasteiger charge is -2.22. The van der Waals surface area contributed by atoms with Gasteiger partial charge in [-0.25, -0.2) is 0 Å². The number of hydrogen-bond donors (Lipinski definition) is 1. The zero-order valence-corrected chi connectivity index (χ0v) is 12.4. The monoisotopic (exact) mass is 281 g/mol. The predicted molar refractivity (Wildman–Crippen MR) is 76.9 cm³/mol. The van der Waals surface area contributed by atoms with Crippen LogP contribution in [0.25, 0.3) is 0 Å². The van der Waals surface area contributed by atoms with Gasteiger partial charge in [-0.15, -0.1) is 11.6 Å². The molecule has 1 unspecified atom stereocenters. The molecule has 2 rings (SSSR count). The van der Waals surface area contributed by atoms with Crippen molar-refractivity contribution in [1.82, 2.24) is 5.32 Å². The first-order valence-electron chi connectivity index (χ1n) is 6.56. The fourth-order valence-corrected chi connectivity index (χ4v) is 2.72. The van der Waals surface area contributed by atoms with Crippen LogP contribution in [0.15, 0.2) is 18.2 Å². The fraction of sp³-hybridized carbons (Fsp3) is 0.533. The van der Waals surface area contributed by atoms with E-state index < -0.39 is 0 Å². The summed E-state index contributed by atoms with van der Waals surface area (Å²) in [5.74, 6) is 0.548. The van der Waals surface area contributed by atoms with Gasteiger partial charge in [0.25, 0.3) is 5.91 Å². The number of ether oxygens (including phenoxy) is 1. The Morgan fingerprint density at radius 1 is 1.42 bits per heavy atom. The molecule has 0 aliphatic carbocycles. The van der Waals surface area contributed by atoms with Crippen molar-refractivity contribution in [3.8, 4) is 5.75 Å². The SMILES string of the molecule is CC(C)(C)CC(Cl)c1ccc2c(c1)C(=O)NCCO2. The molecule has 4 heteroatoms. The van der Waals surface area contributed by atoms with Crippen LogP contribution in [-0.4, -0.2) is 19.1 Å². The largest absolute Gasteiger partial charge is 0.491 e. The number of carbonyl (C=O) groups excluding carboxylic acids is 1. The first-order chi connectivity index (χ1) is 8.87. The highest BCUT2D eigenvalue weighted by Gasteiger charge is 2.22. The minimum Gasteiger partial charge on any atom is -0.491 e. The van der Waals surface area contributed by atoms with E-state index in [1.807, 2.05) is 18.2 Å². The topological polar surface area (TPSA) is 38.3 Å². The molecule has 3 nitrogen and oxygen atoms in total. The second-order valence-electron chi connectivity index (χ2n) is 6.09. The zero-order chi connectivity index (χ0) is 14.0. The van der Waals surface area contributed by atoms with Gasteiger partial charge in [-0.1, -0.05) is 26.8 Å². The maximum atomic E-state index is 11.9. The number of rotatable bonds is 2. The Kier molecular flexibility index (Phi) is 4.04. The summed E-state index contributed by atoms with van der Waals surface area (Å²) in [6.07, 6.45) is 0.857. The maximum Gasteiger partial charge on any atom is 0.255 e. The third kappa shape index (κ3) is 3.63. The smallest absolute Gasteiger partial charge is 0.255 e. The summed E-state index contributed by atoms with van der Waals surface area (Å²) in [6, 6.07) is 5.63. The number of carbonyl (C=O) groups is 1. The molecule has 0 bridgehead atoms. The molecule has 0 radical (unpaired) electrons. The number of fused-ring (bicyclic) bond motifs is 1. The van der Waals surface area contributed by atoms with Crippen molar-refractivity contribution in [1.29, 1.82) is 0 Å². The van der Waals surface area contributed by atoms with Crippen LogP contribution in [-0.2, 0) is 0 Å². The molecule has 0 fully saturated rings. The first-order valence-corrected chi connectivity index (χ1v) is 6.99. The molecular weight excluding hydrogens is 262 g/mol. The zero-order valence-electron chi connectivity index (χ0n) is 11.6. The van der Waals surface area contributed by atoms with E-state index in [0.717, 1.165) is 12.0 Å². The maximum absolute atomic E-state index is 11.9. The summed E-state index contributed by atoms with van der Waals surface area (Å²) in [5.41, 5.74) is 1.70. The van der Waals surface area contributed by atoms with Crippen LogP contribution in [0.2, 0.25) is 0 Å². The van der Waals surface area contributed by atoms with Crippen molar-refractivity contribution >= 4 is 17.5 Å². The van der Waals surface area contributed by atoms with Gasteiger partial charge in [-0.05, 0) is 29.5 Å². The predicted octanol–water partition coefficient (Wildman–Crippen LogP) is 3.52. The lowest BCUT2D eigenvalue weighted by molar-refractivity contribution is 0.0957. The van der Waals surface area contributed by atoms with Crippen LogP contribution < -0.4 is 10.1 Å². The van der Waals surface area contributed by atoms with Crippen molar-refractivity contribution in [3.05, 3.63) is 29.3 Å². The Morgan fingerprint density at radius 2 is 2.16 bits per heavy atom. The van der Waals surface area contributed by atoms with Crippen molar-refractivity contribution < 1.29 is 9.53 Å². The van der Waals surface area contributed by atoms with E-state index in [4.69, 9.17) is 16.3 Å². The van der Waals surface area contributed by atoms with Crippen molar-refractivity contribution in [2.75, 3.05) is 13.2 Å². The molecule has 1 amide bonds. The van der Waals surface area contributed by atoms with Gasteiger partial charge in [0, 0.05) is 0 Å². The second-order valence-corrected chi connectivity index (χ2v) is 6.62. The molecule has 1 atom stereocenters. The number of halogens is 1. The van der Waals surface area contributed by atoms with Crippen LogP contribution in [0.4, 0.5) is 0 Å². The normalized spacial score (nSPS) is 16.9. The lowest BCUT2D eigenvalue weighted by atomic mass is 9.88. The summed E-state index contributed by atoms with van der Waals surface area (Å²) >= 11 is 6.45. The average Bonchev–Trinajstić information content (AvgIpc) is 2.49. The van der Waals surface area contributed by atoms with E-state index in [1.165, 1.54) is 0 Å². The molecule has 0 spiro atoms. The Labute approximate surface area is 119 Å². The van der Waals surface area contributed by atoms with Crippen LogP contribution >= 0.6 is 11.6 Å². The van der Waals surface area contributed by atoms with Gasteiger partial charge in [0.05, 0.1) is 17.5 Å². The molecule has 0 saturated carbocycles. The molecule has 19 heavy (non-hydrogen) atoms. The lowest BCUT2D eigenvalue weighted by Crippen LogP contribution is -2.24. The molecule has 0 saturated heterocycles. The van der Waals surface area contributed by atoms with E-state index in [2.05, 4.69) is 26.1 Å². The molecular formula is C15H20ClNO2. The van der Waals surface area contributed by atoms with Crippen LogP contribution in [0.1, 0.15) is 48.5 Å². The standard InChI is InChI=1S/C15H20ClNO2/c1-15(2,3)9-12(16)10-4-5-13-11(8-10)14(18)17-6-7-19-13/h4-5,8,12H,6-7,9H2,1-3H3,(H,17,18). The summed E-state index contributed by atoms with van der Waals surface area (Å²) in [5, 5.41) is 2.71. The molecule has 1 N–H and O–H groups in total. The van der Waals surface area contributed by atoms with E-state index >= 15 is 0 Å². The molecule has 0 aromatic heterocycles. The number of nitrogens with one attached hydrogen (secondary N) is 1. The van der Waals surface area contributed by atoms with Gasteiger partial charge in [0.15, 0.2) is 0 Å². The Hall–Kier alpha value is -1.22. The number of benzene rings is 1. The van der Waals surface area contributed by atoms with Gasteiger partial charge in [0.2, 0.25) is 0 Å². The highest BCUT2D eigenvalue weighted by molar-refractivity contribution is 6.21. The van der Waals surface area contributed by atoms with Crippen LogP contribution in [0.3, 0.4) is 0 Å². The summed E-state index contributed by atoms with van der Waals surface area (Å²) < 4.78 is 5.53. The van der Waals surface area contributed by atoms with Gasteiger partial charge < -0.3 is 10.1 Å². The van der Waals surface area contributed by atoms with Crippen LogP contribution in [0, 0.1) is 5.41 Å². The fourth-order valence-electron chi connectivity index (χ4n) is 2.12. The third-order valence-electron chi connectivity index (χ3n) is 3.05. The summed E-state index contributed by atoms with van der Waals surface area (Å²) in [6.45, 7) is 7.50. The molecule has 1 heterocycles. The third-order valence-corrected chi connectivity index (χ3v) is 3.45. The van der Waals surface area contributed by atoms with Gasteiger partial charge in [-0.2, -0.15) is 0 Å². The van der Waals surface area contributed by atoms with E-state index in [-0.39, 0.29) is 16.7 Å². The van der Waals surface area contributed by atoms with E-state index in [0.29, 0.717) is 24.5 Å². The second kappa shape index (κ2) is 5.41. The van der Waals surface area contributed by atoms with Crippen molar-refractivity contribution in [3.63, 3.8) is 0 Å². The van der Waals surface area contributed by atoms with E-state index in [1.54, 1.807) is 0 Å². The molecule has 1 aliphatic heterocycles. The molecule has 104 valence electrons. The number of alkyl halides is 1. The Balaban J connectivity index is 2.27.